The summed E-state index contributed by atoms with van der Waals surface area (Å²) in [6.45, 7) is 5.10. The standard InChI is InChI=1S/C16H17ClN2O2/c1-10-8-19(9-11(2)21-10)16(20)15-7-13(17)12-5-3-4-6-14(12)18-15/h3-7,10-11H,8-9H2,1-2H3/t10-,11+. The number of ether oxygens (including phenoxy) is 1. The fraction of sp³-hybridized carbons (Fsp3) is 0.375. The van der Waals surface area contributed by atoms with Crippen LogP contribution in [0.4, 0.5) is 0 Å². The normalized spacial score (nSPS) is 22.5. The Morgan fingerprint density at radius 3 is 2.67 bits per heavy atom. The van der Waals surface area contributed by atoms with Crippen LogP contribution >= 0.6 is 11.6 Å². The molecule has 1 amide bonds. The zero-order chi connectivity index (χ0) is 15.0. The molecule has 0 bridgehead atoms. The van der Waals surface area contributed by atoms with Gasteiger partial charge in [0.1, 0.15) is 5.69 Å². The van der Waals surface area contributed by atoms with E-state index in [1.54, 1.807) is 11.0 Å². The van der Waals surface area contributed by atoms with Crippen LogP contribution in [-0.2, 0) is 4.74 Å². The number of para-hydroxylation sites is 1. The van der Waals surface area contributed by atoms with Crippen LogP contribution in [-0.4, -0.2) is 41.1 Å². The Balaban J connectivity index is 1.94. The molecule has 4 nitrogen and oxygen atoms in total. The molecule has 2 heterocycles. The highest BCUT2D eigenvalue weighted by Gasteiger charge is 2.27. The number of morpholine rings is 1. The molecular formula is C16H17ClN2O2. The highest BCUT2D eigenvalue weighted by atomic mass is 35.5. The Kier molecular flexibility index (Phi) is 3.83. The second kappa shape index (κ2) is 5.62. The Morgan fingerprint density at radius 2 is 1.95 bits per heavy atom. The molecule has 2 aromatic rings. The minimum atomic E-state index is -0.0929. The summed E-state index contributed by atoms with van der Waals surface area (Å²) in [6, 6.07) is 9.21. The maximum atomic E-state index is 12.6. The quantitative estimate of drug-likeness (QED) is 0.813. The van der Waals surface area contributed by atoms with E-state index >= 15 is 0 Å². The van der Waals surface area contributed by atoms with Gasteiger partial charge in [-0.15, -0.1) is 0 Å². The van der Waals surface area contributed by atoms with Gasteiger partial charge in [0.25, 0.3) is 5.91 Å². The highest BCUT2D eigenvalue weighted by molar-refractivity contribution is 6.35. The number of nitrogens with zero attached hydrogens (tertiary/aromatic N) is 2. The first-order chi connectivity index (χ1) is 10.0. The monoisotopic (exact) mass is 304 g/mol. The van der Waals surface area contributed by atoms with Crippen molar-refractivity contribution >= 4 is 28.4 Å². The van der Waals surface area contributed by atoms with Gasteiger partial charge >= 0.3 is 0 Å². The number of aromatic nitrogens is 1. The number of hydrogen-bond acceptors (Lipinski definition) is 3. The molecule has 1 aliphatic rings. The second-order valence-electron chi connectivity index (χ2n) is 5.47. The highest BCUT2D eigenvalue weighted by Crippen LogP contribution is 2.24. The molecule has 110 valence electrons. The van der Waals surface area contributed by atoms with Gasteiger partial charge in [-0.25, -0.2) is 4.98 Å². The number of pyridine rings is 1. The number of carbonyl (C=O) groups is 1. The summed E-state index contributed by atoms with van der Waals surface area (Å²) in [4.78, 5) is 18.9. The molecule has 2 atom stereocenters. The lowest BCUT2D eigenvalue weighted by atomic mass is 10.1. The summed E-state index contributed by atoms with van der Waals surface area (Å²) in [6.07, 6.45) is 0.0715. The van der Waals surface area contributed by atoms with Crippen molar-refractivity contribution in [2.75, 3.05) is 13.1 Å². The van der Waals surface area contributed by atoms with Crippen LogP contribution in [0.2, 0.25) is 5.02 Å². The van der Waals surface area contributed by atoms with E-state index in [4.69, 9.17) is 16.3 Å². The minimum Gasteiger partial charge on any atom is -0.372 e. The summed E-state index contributed by atoms with van der Waals surface area (Å²) in [7, 11) is 0. The SMILES string of the molecule is C[C@@H]1CN(C(=O)c2cc(Cl)c3ccccc3n2)C[C@H](C)O1. The molecule has 0 unspecified atom stereocenters. The van der Waals surface area contributed by atoms with Gasteiger partial charge in [0, 0.05) is 18.5 Å². The molecule has 5 heteroatoms. The molecule has 0 aliphatic carbocycles. The fourth-order valence-electron chi connectivity index (χ4n) is 2.75. The van der Waals surface area contributed by atoms with Crippen molar-refractivity contribution in [3.8, 4) is 0 Å². The average Bonchev–Trinajstić information content (AvgIpc) is 2.45. The zero-order valence-corrected chi connectivity index (χ0v) is 12.8. The lowest BCUT2D eigenvalue weighted by Gasteiger charge is -2.35. The van der Waals surface area contributed by atoms with E-state index in [-0.39, 0.29) is 18.1 Å². The number of amides is 1. The Hall–Kier alpha value is -1.65. The minimum absolute atomic E-state index is 0.0358. The first kappa shape index (κ1) is 14.3. The van der Waals surface area contributed by atoms with Crippen LogP contribution in [0, 0.1) is 0 Å². The molecule has 1 aliphatic heterocycles. The van der Waals surface area contributed by atoms with Gasteiger partial charge in [0.15, 0.2) is 0 Å². The number of benzene rings is 1. The molecule has 1 fully saturated rings. The second-order valence-corrected chi connectivity index (χ2v) is 5.88. The number of fused-ring (bicyclic) bond motifs is 1. The van der Waals surface area contributed by atoms with E-state index in [0.717, 1.165) is 10.9 Å². The van der Waals surface area contributed by atoms with Crippen molar-refractivity contribution in [3.63, 3.8) is 0 Å². The van der Waals surface area contributed by atoms with Crippen LogP contribution in [0.25, 0.3) is 10.9 Å². The van der Waals surface area contributed by atoms with Gasteiger partial charge in [-0.1, -0.05) is 29.8 Å². The average molecular weight is 305 g/mol. The molecule has 1 aromatic heterocycles. The van der Waals surface area contributed by atoms with Gasteiger partial charge in [-0.3, -0.25) is 4.79 Å². The van der Waals surface area contributed by atoms with Crippen molar-refractivity contribution in [1.82, 2.24) is 9.88 Å². The molecule has 3 rings (SSSR count). The van der Waals surface area contributed by atoms with Gasteiger partial charge < -0.3 is 9.64 Å². The lowest BCUT2D eigenvalue weighted by Crippen LogP contribution is -2.48. The Labute approximate surface area is 128 Å². The largest absolute Gasteiger partial charge is 0.372 e. The van der Waals surface area contributed by atoms with Crippen molar-refractivity contribution in [2.24, 2.45) is 0 Å². The molecule has 1 aromatic carbocycles. The molecule has 0 N–H and O–H groups in total. The summed E-state index contributed by atoms with van der Waals surface area (Å²) in [5.41, 5.74) is 1.13. The summed E-state index contributed by atoms with van der Waals surface area (Å²) in [5, 5.41) is 1.41. The number of carbonyl (C=O) groups excluding carboxylic acids is 1. The zero-order valence-electron chi connectivity index (χ0n) is 12.0. The molecule has 1 saturated heterocycles. The maximum absolute atomic E-state index is 12.6. The summed E-state index contributed by atoms with van der Waals surface area (Å²) < 4.78 is 5.66. The number of hydrogen-bond donors (Lipinski definition) is 0. The van der Waals surface area contributed by atoms with Gasteiger partial charge in [-0.2, -0.15) is 0 Å². The smallest absolute Gasteiger partial charge is 0.272 e. The molecular weight excluding hydrogens is 288 g/mol. The topological polar surface area (TPSA) is 42.4 Å². The van der Waals surface area contributed by atoms with Gasteiger partial charge in [0.05, 0.1) is 22.7 Å². The molecule has 0 spiro atoms. The van der Waals surface area contributed by atoms with Crippen LogP contribution in [0.15, 0.2) is 30.3 Å². The third-order valence-corrected chi connectivity index (χ3v) is 3.90. The third kappa shape index (κ3) is 2.87. The predicted molar refractivity (Wildman–Crippen MR) is 82.7 cm³/mol. The first-order valence-electron chi connectivity index (χ1n) is 7.04. The lowest BCUT2D eigenvalue weighted by molar-refractivity contribution is -0.0587. The van der Waals surface area contributed by atoms with E-state index in [1.165, 1.54) is 0 Å². The van der Waals surface area contributed by atoms with E-state index < -0.39 is 0 Å². The van der Waals surface area contributed by atoms with E-state index in [1.807, 2.05) is 38.1 Å². The maximum Gasteiger partial charge on any atom is 0.272 e. The van der Waals surface area contributed by atoms with E-state index in [2.05, 4.69) is 4.98 Å². The Morgan fingerprint density at radius 1 is 1.29 bits per heavy atom. The van der Waals surface area contributed by atoms with E-state index in [9.17, 15) is 4.79 Å². The predicted octanol–water partition coefficient (Wildman–Crippen LogP) is 3.14. The summed E-state index contributed by atoms with van der Waals surface area (Å²) in [5.74, 6) is -0.0929. The molecule has 0 radical (unpaired) electrons. The van der Waals surface area contributed by atoms with Crippen molar-refractivity contribution in [3.05, 3.63) is 41.0 Å². The molecule has 0 saturated carbocycles. The van der Waals surface area contributed by atoms with Crippen molar-refractivity contribution in [1.29, 1.82) is 0 Å². The number of halogens is 1. The van der Waals surface area contributed by atoms with Crippen molar-refractivity contribution in [2.45, 2.75) is 26.1 Å². The summed E-state index contributed by atoms with van der Waals surface area (Å²) >= 11 is 6.27. The van der Waals surface area contributed by atoms with Gasteiger partial charge in [-0.05, 0) is 26.0 Å². The first-order valence-corrected chi connectivity index (χ1v) is 7.42. The van der Waals surface area contributed by atoms with Crippen LogP contribution in [0.5, 0.6) is 0 Å². The number of rotatable bonds is 1. The van der Waals surface area contributed by atoms with Gasteiger partial charge in [0.2, 0.25) is 0 Å². The Bertz CT molecular complexity index is 679. The van der Waals surface area contributed by atoms with Crippen LogP contribution in [0.1, 0.15) is 24.3 Å². The van der Waals surface area contributed by atoms with Crippen LogP contribution < -0.4 is 0 Å². The van der Waals surface area contributed by atoms with E-state index in [0.29, 0.717) is 23.8 Å². The third-order valence-electron chi connectivity index (χ3n) is 3.59. The van der Waals surface area contributed by atoms with Crippen LogP contribution in [0.3, 0.4) is 0 Å². The van der Waals surface area contributed by atoms with Crippen molar-refractivity contribution < 1.29 is 9.53 Å². The fourth-order valence-corrected chi connectivity index (χ4v) is 3.01. The molecule has 21 heavy (non-hydrogen) atoms.